The SMILES string of the molecule is O=C1N(CCc2ccccc2)c2ccccc2C1(O)CC(O)c1ccc(Cl)cc1Cl. The van der Waals surface area contributed by atoms with Crippen LogP contribution in [0.1, 0.15) is 29.2 Å². The highest BCUT2D eigenvalue weighted by atomic mass is 35.5. The summed E-state index contributed by atoms with van der Waals surface area (Å²) >= 11 is 12.2. The van der Waals surface area contributed by atoms with Crippen molar-refractivity contribution in [2.45, 2.75) is 24.5 Å². The first kappa shape index (κ1) is 20.9. The normalized spacial score (nSPS) is 19.1. The highest BCUT2D eigenvalue weighted by molar-refractivity contribution is 6.35. The zero-order valence-corrected chi connectivity index (χ0v) is 17.6. The first-order valence-corrected chi connectivity index (χ1v) is 10.5. The summed E-state index contributed by atoms with van der Waals surface area (Å²) in [4.78, 5) is 14.9. The van der Waals surface area contributed by atoms with Crippen LogP contribution >= 0.6 is 23.2 Å². The van der Waals surface area contributed by atoms with Crippen molar-refractivity contribution in [1.82, 2.24) is 0 Å². The molecule has 0 aliphatic carbocycles. The summed E-state index contributed by atoms with van der Waals surface area (Å²) in [5, 5.41) is 23.0. The molecule has 0 radical (unpaired) electrons. The first-order chi connectivity index (χ1) is 14.4. The van der Waals surface area contributed by atoms with Crippen molar-refractivity contribution in [1.29, 1.82) is 0 Å². The van der Waals surface area contributed by atoms with Crippen molar-refractivity contribution in [3.8, 4) is 0 Å². The smallest absolute Gasteiger partial charge is 0.263 e. The van der Waals surface area contributed by atoms with E-state index in [4.69, 9.17) is 23.2 Å². The molecule has 3 aromatic carbocycles. The zero-order valence-electron chi connectivity index (χ0n) is 16.1. The fourth-order valence-corrected chi connectivity index (χ4v) is 4.51. The Balaban J connectivity index is 1.61. The topological polar surface area (TPSA) is 60.8 Å². The molecule has 2 unspecified atom stereocenters. The van der Waals surface area contributed by atoms with Crippen LogP contribution in [-0.2, 0) is 16.8 Å². The first-order valence-electron chi connectivity index (χ1n) is 9.71. The van der Waals surface area contributed by atoms with Crippen LogP contribution in [0.2, 0.25) is 10.0 Å². The van der Waals surface area contributed by atoms with Gasteiger partial charge in [0.1, 0.15) is 0 Å². The third-order valence-corrected chi connectivity index (χ3v) is 6.08. The average molecular weight is 442 g/mol. The van der Waals surface area contributed by atoms with Gasteiger partial charge in [-0.25, -0.2) is 0 Å². The van der Waals surface area contributed by atoms with Crippen LogP contribution in [0.4, 0.5) is 5.69 Å². The van der Waals surface area contributed by atoms with Crippen LogP contribution < -0.4 is 4.90 Å². The standard InChI is InChI=1S/C24H21Cl2NO3/c25-17-10-11-18(20(26)14-17)22(28)15-24(30)19-8-4-5-9-21(19)27(23(24)29)13-12-16-6-2-1-3-7-16/h1-11,14,22,28,30H,12-13,15H2. The van der Waals surface area contributed by atoms with Crippen molar-refractivity contribution in [3.05, 3.63) is 99.5 Å². The van der Waals surface area contributed by atoms with Crippen LogP contribution in [-0.4, -0.2) is 22.7 Å². The minimum atomic E-state index is -1.84. The molecule has 154 valence electrons. The molecule has 1 amide bonds. The summed E-state index contributed by atoms with van der Waals surface area (Å²) in [5.74, 6) is -0.441. The number of rotatable bonds is 6. The van der Waals surface area contributed by atoms with Gasteiger partial charge in [0.25, 0.3) is 5.91 Å². The van der Waals surface area contributed by atoms with E-state index < -0.39 is 17.6 Å². The second-order valence-electron chi connectivity index (χ2n) is 7.46. The maximum Gasteiger partial charge on any atom is 0.263 e. The molecular weight excluding hydrogens is 421 g/mol. The molecule has 0 aromatic heterocycles. The van der Waals surface area contributed by atoms with Gasteiger partial charge in [-0.1, -0.05) is 77.8 Å². The Bertz CT molecular complexity index is 1070. The molecule has 2 atom stereocenters. The van der Waals surface area contributed by atoms with Gasteiger partial charge in [0.05, 0.1) is 11.8 Å². The Kier molecular flexibility index (Phi) is 5.85. The molecule has 0 saturated heterocycles. The van der Waals surface area contributed by atoms with Gasteiger partial charge < -0.3 is 15.1 Å². The molecule has 3 aromatic rings. The molecule has 1 aliphatic heterocycles. The van der Waals surface area contributed by atoms with Crippen molar-refractivity contribution in [2.75, 3.05) is 11.4 Å². The third-order valence-electron chi connectivity index (χ3n) is 5.52. The fraction of sp³-hybridized carbons (Fsp3) is 0.208. The van der Waals surface area contributed by atoms with Crippen molar-refractivity contribution >= 4 is 34.8 Å². The lowest BCUT2D eigenvalue weighted by molar-refractivity contribution is -0.139. The Morgan fingerprint density at radius 1 is 0.967 bits per heavy atom. The number of aliphatic hydroxyl groups is 2. The largest absolute Gasteiger partial charge is 0.388 e. The highest BCUT2D eigenvalue weighted by Crippen LogP contribution is 2.45. The number of carbonyl (C=O) groups is 1. The molecule has 1 heterocycles. The molecular formula is C24H21Cl2NO3. The van der Waals surface area contributed by atoms with Crippen molar-refractivity contribution in [3.63, 3.8) is 0 Å². The zero-order chi connectivity index (χ0) is 21.3. The predicted molar refractivity (Wildman–Crippen MR) is 119 cm³/mol. The Morgan fingerprint density at radius 3 is 2.40 bits per heavy atom. The Morgan fingerprint density at radius 2 is 1.67 bits per heavy atom. The minimum absolute atomic E-state index is 0.202. The summed E-state index contributed by atoms with van der Waals surface area (Å²) < 4.78 is 0. The second kappa shape index (κ2) is 8.40. The summed E-state index contributed by atoms with van der Waals surface area (Å²) in [6, 6.07) is 21.8. The molecule has 0 bridgehead atoms. The summed E-state index contributed by atoms with van der Waals surface area (Å²) in [6.07, 6.45) is -0.681. The molecule has 2 N–H and O–H groups in total. The predicted octanol–water partition coefficient (Wildman–Crippen LogP) is 4.89. The van der Waals surface area contributed by atoms with E-state index in [1.54, 1.807) is 29.2 Å². The number of benzene rings is 3. The summed E-state index contributed by atoms with van der Waals surface area (Å²) in [5.41, 5.74) is 0.839. The van der Waals surface area contributed by atoms with Crippen LogP contribution in [0.3, 0.4) is 0 Å². The van der Waals surface area contributed by atoms with Gasteiger partial charge >= 0.3 is 0 Å². The van der Waals surface area contributed by atoms with Gasteiger partial charge in [0.2, 0.25) is 0 Å². The number of carbonyl (C=O) groups excluding carboxylic acids is 1. The minimum Gasteiger partial charge on any atom is -0.388 e. The number of amides is 1. The lowest BCUT2D eigenvalue weighted by Gasteiger charge is -2.26. The molecule has 0 saturated carbocycles. The number of hydrogen-bond acceptors (Lipinski definition) is 3. The van der Waals surface area contributed by atoms with E-state index in [2.05, 4.69) is 0 Å². The maximum absolute atomic E-state index is 13.3. The lowest BCUT2D eigenvalue weighted by atomic mass is 9.87. The Hall–Kier alpha value is -2.37. The number of anilines is 1. The van der Waals surface area contributed by atoms with Gasteiger partial charge in [-0.15, -0.1) is 0 Å². The maximum atomic E-state index is 13.3. The quantitative estimate of drug-likeness (QED) is 0.571. The molecule has 0 spiro atoms. The molecule has 0 fully saturated rings. The number of hydrogen-bond donors (Lipinski definition) is 2. The van der Waals surface area contributed by atoms with E-state index in [0.717, 1.165) is 5.56 Å². The summed E-state index contributed by atoms with van der Waals surface area (Å²) in [7, 11) is 0. The van der Waals surface area contributed by atoms with Crippen LogP contribution in [0.25, 0.3) is 0 Å². The van der Waals surface area contributed by atoms with Crippen LogP contribution in [0.15, 0.2) is 72.8 Å². The van der Waals surface area contributed by atoms with Crippen molar-refractivity contribution in [2.24, 2.45) is 0 Å². The molecule has 4 nitrogen and oxygen atoms in total. The van der Waals surface area contributed by atoms with E-state index in [0.29, 0.717) is 39.8 Å². The lowest BCUT2D eigenvalue weighted by Crippen LogP contribution is -2.42. The van der Waals surface area contributed by atoms with E-state index in [1.165, 1.54) is 6.07 Å². The summed E-state index contributed by atoms with van der Waals surface area (Å²) in [6.45, 7) is 0.431. The van der Waals surface area contributed by atoms with Gasteiger partial charge in [0.15, 0.2) is 5.60 Å². The van der Waals surface area contributed by atoms with Gasteiger partial charge in [-0.05, 0) is 35.7 Å². The number of aliphatic hydroxyl groups excluding tert-OH is 1. The van der Waals surface area contributed by atoms with E-state index in [9.17, 15) is 15.0 Å². The van der Waals surface area contributed by atoms with E-state index in [1.807, 2.05) is 42.5 Å². The molecule has 4 rings (SSSR count). The second-order valence-corrected chi connectivity index (χ2v) is 8.30. The van der Waals surface area contributed by atoms with Crippen LogP contribution in [0.5, 0.6) is 0 Å². The van der Waals surface area contributed by atoms with Gasteiger partial charge in [0, 0.05) is 28.6 Å². The molecule has 6 heteroatoms. The van der Waals surface area contributed by atoms with E-state index >= 15 is 0 Å². The monoisotopic (exact) mass is 441 g/mol. The van der Waals surface area contributed by atoms with Gasteiger partial charge in [-0.2, -0.15) is 0 Å². The number of fused-ring (bicyclic) bond motifs is 1. The highest BCUT2D eigenvalue weighted by Gasteiger charge is 2.50. The number of para-hydroxylation sites is 1. The average Bonchev–Trinajstić information content (AvgIpc) is 2.94. The number of halogens is 2. The molecule has 30 heavy (non-hydrogen) atoms. The fourth-order valence-electron chi connectivity index (χ4n) is 3.97. The number of nitrogens with zero attached hydrogens (tertiary/aromatic N) is 1. The Labute approximate surface area is 185 Å². The van der Waals surface area contributed by atoms with E-state index in [-0.39, 0.29) is 6.42 Å². The third kappa shape index (κ3) is 3.84. The van der Waals surface area contributed by atoms with Crippen LogP contribution in [0, 0.1) is 0 Å². The molecule has 1 aliphatic rings. The van der Waals surface area contributed by atoms with Gasteiger partial charge in [-0.3, -0.25) is 4.79 Å². The van der Waals surface area contributed by atoms with Crippen molar-refractivity contribution < 1.29 is 15.0 Å².